The Kier molecular flexibility index (Phi) is 5.26. The van der Waals surface area contributed by atoms with Crippen LogP contribution in [0.4, 0.5) is 0 Å². The van der Waals surface area contributed by atoms with E-state index in [0.29, 0.717) is 32.5 Å². The third kappa shape index (κ3) is 3.98. The smallest absolute Gasteiger partial charge is 0.234 e. The average molecular weight is 380 g/mol. The number of ether oxygens (including phenoxy) is 1. The molecule has 2 aliphatic heterocycles. The van der Waals surface area contributed by atoms with E-state index in [4.69, 9.17) is 4.74 Å². The lowest BCUT2D eigenvalue weighted by Gasteiger charge is -2.48. The van der Waals surface area contributed by atoms with E-state index in [9.17, 15) is 9.90 Å². The molecule has 2 heterocycles. The molecule has 4 heteroatoms. The summed E-state index contributed by atoms with van der Waals surface area (Å²) in [6.45, 7) is 3.84. The van der Waals surface area contributed by atoms with Gasteiger partial charge in [0.1, 0.15) is 0 Å². The summed E-state index contributed by atoms with van der Waals surface area (Å²) >= 11 is 0. The Bertz CT molecular complexity index is 756. The molecular weight excluding hydrogens is 350 g/mol. The van der Waals surface area contributed by atoms with Crippen molar-refractivity contribution in [1.29, 1.82) is 0 Å². The first-order valence-electron chi connectivity index (χ1n) is 10.2. The summed E-state index contributed by atoms with van der Waals surface area (Å²) in [5.74, 6) is -0.137. The van der Waals surface area contributed by atoms with E-state index in [1.54, 1.807) is 0 Å². The van der Waals surface area contributed by atoms with Gasteiger partial charge in [-0.1, -0.05) is 60.7 Å². The van der Waals surface area contributed by atoms with E-state index in [-0.39, 0.29) is 17.4 Å². The van der Waals surface area contributed by atoms with Gasteiger partial charge in [0, 0.05) is 19.5 Å². The molecule has 0 radical (unpaired) electrons. The number of rotatable bonds is 3. The second-order valence-electron chi connectivity index (χ2n) is 8.53. The highest BCUT2D eigenvalue weighted by atomic mass is 16.5. The van der Waals surface area contributed by atoms with Crippen molar-refractivity contribution in [2.75, 3.05) is 19.7 Å². The summed E-state index contributed by atoms with van der Waals surface area (Å²) in [7, 11) is 0. The van der Waals surface area contributed by atoms with E-state index in [0.717, 1.165) is 24.0 Å². The number of carbonyl (C=O) groups excluding carboxylic acids is 1. The van der Waals surface area contributed by atoms with E-state index in [2.05, 4.69) is 0 Å². The van der Waals surface area contributed by atoms with Gasteiger partial charge < -0.3 is 14.7 Å². The van der Waals surface area contributed by atoms with Crippen LogP contribution in [0.2, 0.25) is 0 Å². The standard InChI is InChI=1S/C24H29NO3/c1-23(27)14-17-28-24(18-23)12-15-25(16-13-24)22(26)21(19-8-4-2-5-9-19)20-10-6-3-7-11-20/h2-11,21,27H,12-18H2,1H3. The summed E-state index contributed by atoms with van der Waals surface area (Å²) in [5.41, 5.74) is 1.10. The lowest BCUT2D eigenvalue weighted by atomic mass is 9.77. The minimum atomic E-state index is -0.666. The van der Waals surface area contributed by atoms with Crippen molar-refractivity contribution in [3.05, 3.63) is 71.8 Å². The van der Waals surface area contributed by atoms with Gasteiger partial charge in [0.05, 0.1) is 23.7 Å². The molecule has 0 aromatic heterocycles. The maximum Gasteiger partial charge on any atom is 0.234 e. The minimum absolute atomic E-state index is 0.148. The van der Waals surface area contributed by atoms with Gasteiger partial charge in [-0.25, -0.2) is 0 Å². The van der Waals surface area contributed by atoms with E-state index in [1.165, 1.54) is 0 Å². The maximum atomic E-state index is 13.5. The molecule has 28 heavy (non-hydrogen) atoms. The van der Waals surface area contributed by atoms with Gasteiger partial charge in [-0.05, 0) is 37.3 Å². The first kappa shape index (κ1) is 19.2. The number of hydrogen-bond donors (Lipinski definition) is 1. The van der Waals surface area contributed by atoms with Crippen LogP contribution in [0.15, 0.2) is 60.7 Å². The fraction of sp³-hybridized carbons (Fsp3) is 0.458. The number of nitrogens with zero attached hydrogens (tertiary/aromatic N) is 1. The monoisotopic (exact) mass is 379 g/mol. The Hall–Kier alpha value is -2.17. The molecule has 0 bridgehead atoms. The summed E-state index contributed by atoms with van der Waals surface area (Å²) in [4.78, 5) is 15.5. The van der Waals surface area contributed by atoms with Crippen molar-refractivity contribution in [2.24, 2.45) is 0 Å². The van der Waals surface area contributed by atoms with Gasteiger partial charge in [-0.3, -0.25) is 4.79 Å². The molecule has 2 aliphatic rings. The first-order chi connectivity index (χ1) is 13.5. The molecular formula is C24H29NO3. The highest BCUT2D eigenvalue weighted by Crippen LogP contribution is 2.40. The predicted octanol–water partition coefficient (Wildman–Crippen LogP) is 3.74. The molecule has 1 unspecified atom stereocenters. The van der Waals surface area contributed by atoms with Crippen LogP contribution < -0.4 is 0 Å². The molecule has 1 spiro atoms. The molecule has 4 rings (SSSR count). The number of carbonyl (C=O) groups is 1. The summed E-state index contributed by atoms with van der Waals surface area (Å²) in [6, 6.07) is 20.0. The van der Waals surface area contributed by atoms with Crippen LogP contribution >= 0.6 is 0 Å². The lowest BCUT2D eigenvalue weighted by molar-refractivity contribution is -0.175. The molecule has 1 amide bonds. The van der Waals surface area contributed by atoms with Crippen molar-refractivity contribution >= 4 is 5.91 Å². The van der Waals surface area contributed by atoms with Crippen LogP contribution in [0.3, 0.4) is 0 Å². The van der Waals surface area contributed by atoms with Gasteiger partial charge in [-0.15, -0.1) is 0 Å². The van der Waals surface area contributed by atoms with E-state index < -0.39 is 5.60 Å². The van der Waals surface area contributed by atoms with Gasteiger partial charge in [0.2, 0.25) is 5.91 Å². The molecule has 0 saturated carbocycles. The van der Waals surface area contributed by atoms with E-state index >= 15 is 0 Å². The topological polar surface area (TPSA) is 49.8 Å². The SMILES string of the molecule is CC1(O)CCOC2(CCN(C(=O)C(c3ccccc3)c3ccccc3)CC2)C1. The number of piperidine rings is 1. The number of hydrogen-bond acceptors (Lipinski definition) is 3. The van der Waals surface area contributed by atoms with Crippen molar-refractivity contribution < 1.29 is 14.6 Å². The second kappa shape index (κ2) is 7.69. The molecule has 0 aliphatic carbocycles. The van der Waals surface area contributed by atoms with Crippen LogP contribution in [-0.2, 0) is 9.53 Å². The summed E-state index contributed by atoms with van der Waals surface area (Å²) in [6.07, 6.45) is 2.90. The van der Waals surface area contributed by atoms with Crippen molar-refractivity contribution in [3.8, 4) is 0 Å². The van der Waals surface area contributed by atoms with Crippen LogP contribution in [0.25, 0.3) is 0 Å². The average Bonchev–Trinajstić information content (AvgIpc) is 2.69. The number of benzene rings is 2. The molecule has 2 aromatic carbocycles. The number of aliphatic hydroxyl groups is 1. The fourth-order valence-corrected chi connectivity index (χ4v) is 4.73. The van der Waals surface area contributed by atoms with Crippen molar-refractivity contribution in [1.82, 2.24) is 4.90 Å². The van der Waals surface area contributed by atoms with Crippen LogP contribution in [0, 0.1) is 0 Å². The molecule has 148 valence electrons. The predicted molar refractivity (Wildman–Crippen MR) is 109 cm³/mol. The Morgan fingerprint density at radius 1 is 0.964 bits per heavy atom. The highest BCUT2D eigenvalue weighted by molar-refractivity contribution is 5.87. The summed E-state index contributed by atoms with van der Waals surface area (Å²) < 4.78 is 6.10. The zero-order chi connectivity index (χ0) is 19.6. The maximum absolute atomic E-state index is 13.5. The van der Waals surface area contributed by atoms with Gasteiger partial charge in [0.15, 0.2) is 0 Å². The molecule has 2 aromatic rings. The zero-order valence-electron chi connectivity index (χ0n) is 16.5. The molecule has 2 saturated heterocycles. The molecule has 2 fully saturated rings. The lowest BCUT2D eigenvalue weighted by Crippen LogP contribution is -2.54. The number of likely N-dealkylation sites (tertiary alicyclic amines) is 1. The van der Waals surface area contributed by atoms with Crippen molar-refractivity contribution in [3.63, 3.8) is 0 Å². The van der Waals surface area contributed by atoms with Crippen LogP contribution in [-0.4, -0.2) is 46.8 Å². The molecule has 1 atom stereocenters. The Morgan fingerprint density at radius 3 is 2.00 bits per heavy atom. The third-order valence-electron chi connectivity index (χ3n) is 6.25. The van der Waals surface area contributed by atoms with Gasteiger partial charge >= 0.3 is 0 Å². The first-order valence-corrected chi connectivity index (χ1v) is 10.2. The second-order valence-corrected chi connectivity index (χ2v) is 8.53. The Morgan fingerprint density at radius 2 is 1.50 bits per heavy atom. The van der Waals surface area contributed by atoms with Crippen LogP contribution in [0.1, 0.15) is 49.7 Å². The molecule has 4 nitrogen and oxygen atoms in total. The fourth-order valence-electron chi connectivity index (χ4n) is 4.73. The minimum Gasteiger partial charge on any atom is -0.390 e. The summed E-state index contributed by atoms with van der Waals surface area (Å²) in [5, 5.41) is 10.5. The number of amides is 1. The Labute approximate surface area is 167 Å². The van der Waals surface area contributed by atoms with E-state index in [1.807, 2.05) is 72.5 Å². The van der Waals surface area contributed by atoms with Gasteiger partial charge in [-0.2, -0.15) is 0 Å². The van der Waals surface area contributed by atoms with Crippen molar-refractivity contribution in [2.45, 2.75) is 49.7 Å². The normalized spacial score (nSPS) is 24.5. The zero-order valence-corrected chi connectivity index (χ0v) is 16.5. The van der Waals surface area contributed by atoms with Gasteiger partial charge in [0.25, 0.3) is 0 Å². The third-order valence-corrected chi connectivity index (χ3v) is 6.25. The molecule has 1 N–H and O–H groups in total. The largest absolute Gasteiger partial charge is 0.390 e. The highest BCUT2D eigenvalue weighted by Gasteiger charge is 2.45. The van der Waals surface area contributed by atoms with Crippen LogP contribution in [0.5, 0.6) is 0 Å². The Balaban J connectivity index is 1.53. The quantitative estimate of drug-likeness (QED) is 0.884.